The molecule has 0 heterocycles. The van der Waals surface area contributed by atoms with Crippen LogP contribution in [0.5, 0.6) is 5.75 Å². The SMILES string of the molecule is CC(C)(O)[C@@]12CC(O)[C@@](c3ccc(Cl)c(Cc4ccc(OCCOC5CC5)c(F)c4)c3)(C1O)[C@@H](O)[C@H](O)[C@H]2O. The van der Waals surface area contributed by atoms with E-state index in [1.807, 2.05) is 0 Å². The van der Waals surface area contributed by atoms with E-state index in [0.717, 1.165) is 12.8 Å². The fraction of sp³-hybridized carbons (Fsp3) is 0.586. The van der Waals surface area contributed by atoms with Gasteiger partial charge in [-0.3, -0.25) is 0 Å². The minimum Gasteiger partial charge on any atom is -0.488 e. The molecule has 7 atom stereocenters. The Hall–Kier alpha value is -1.82. The number of fused-ring (bicyclic) bond motifs is 2. The molecule has 2 aromatic rings. The monoisotopic (exact) mass is 566 g/mol. The van der Waals surface area contributed by atoms with Gasteiger partial charge in [-0.05, 0) is 74.4 Å². The molecule has 3 saturated carbocycles. The van der Waals surface area contributed by atoms with Gasteiger partial charge in [0.15, 0.2) is 11.6 Å². The van der Waals surface area contributed by atoms with E-state index in [-0.39, 0.29) is 30.8 Å². The summed E-state index contributed by atoms with van der Waals surface area (Å²) in [5.74, 6) is -0.434. The Labute approximate surface area is 231 Å². The van der Waals surface area contributed by atoms with Gasteiger partial charge in [-0.2, -0.15) is 0 Å². The number of aliphatic hydroxyl groups excluding tert-OH is 5. The van der Waals surface area contributed by atoms with E-state index in [9.17, 15) is 35.0 Å². The van der Waals surface area contributed by atoms with Gasteiger partial charge in [0, 0.05) is 5.02 Å². The molecule has 2 aromatic carbocycles. The number of hydrogen-bond acceptors (Lipinski definition) is 8. The lowest BCUT2D eigenvalue weighted by Gasteiger charge is -2.56. The molecule has 3 fully saturated rings. The average Bonchev–Trinajstić information content (AvgIpc) is 3.67. The van der Waals surface area contributed by atoms with Crippen LogP contribution in [0.1, 0.15) is 49.8 Å². The van der Waals surface area contributed by atoms with Crippen molar-refractivity contribution in [1.82, 2.24) is 0 Å². The van der Waals surface area contributed by atoms with E-state index in [1.165, 1.54) is 32.0 Å². The van der Waals surface area contributed by atoms with Gasteiger partial charge in [-0.15, -0.1) is 0 Å². The maximum atomic E-state index is 14.8. The predicted octanol–water partition coefficient (Wildman–Crippen LogP) is 1.84. The summed E-state index contributed by atoms with van der Waals surface area (Å²) in [7, 11) is 0. The standard InChI is InChI=1S/C29H36ClFO8/c1-27(2,37)28-14-22(32)29(26(28)36,25(35)23(33)24(28)34)17-4-7-19(30)16(13-17)11-15-3-8-21(20(31)12-15)39-10-9-38-18-5-6-18/h3-4,7-8,12-13,18,22-26,32-37H,5-6,9-11,14H2,1-2H3/t22?,23-,24-,25+,26?,28-,29-/m1/s1. The first-order valence-electron chi connectivity index (χ1n) is 13.3. The van der Waals surface area contributed by atoms with Crippen molar-refractivity contribution in [1.29, 1.82) is 0 Å². The minimum absolute atomic E-state index is 0.106. The molecular formula is C29H36ClFO8. The molecule has 6 N–H and O–H groups in total. The highest BCUT2D eigenvalue weighted by Crippen LogP contribution is 2.63. The molecule has 3 aliphatic carbocycles. The van der Waals surface area contributed by atoms with E-state index in [1.54, 1.807) is 18.2 Å². The van der Waals surface area contributed by atoms with Crippen molar-refractivity contribution in [3.05, 3.63) is 63.9 Å². The van der Waals surface area contributed by atoms with Crippen LogP contribution in [0.3, 0.4) is 0 Å². The lowest BCUT2D eigenvalue weighted by Crippen LogP contribution is -2.72. The number of rotatable bonds is 9. The lowest BCUT2D eigenvalue weighted by atomic mass is 9.55. The third-order valence-electron chi connectivity index (χ3n) is 8.98. The fourth-order valence-corrected chi connectivity index (χ4v) is 6.83. The van der Waals surface area contributed by atoms with Crippen LogP contribution >= 0.6 is 11.6 Å². The molecule has 8 nitrogen and oxygen atoms in total. The molecule has 0 amide bonds. The normalized spacial score (nSPS) is 34.4. The number of benzene rings is 2. The molecule has 0 aliphatic heterocycles. The highest BCUT2D eigenvalue weighted by Gasteiger charge is 2.77. The molecule has 0 saturated heterocycles. The van der Waals surface area contributed by atoms with Crippen molar-refractivity contribution < 1.29 is 44.5 Å². The van der Waals surface area contributed by atoms with Crippen molar-refractivity contribution in [2.24, 2.45) is 5.41 Å². The number of halogens is 2. The molecule has 5 rings (SSSR count). The van der Waals surface area contributed by atoms with Crippen LogP contribution in [-0.4, -0.2) is 86.1 Å². The second-order valence-electron chi connectivity index (χ2n) is 11.7. The van der Waals surface area contributed by atoms with Gasteiger partial charge in [0.25, 0.3) is 0 Å². The van der Waals surface area contributed by atoms with Crippen molar-refractivity contribution in [2.75, 3.05) is 13.2 Å². The van der Waals surface area contributed by atoms with E-state index in [2.05, 4.69) is 0 Å². The number of ether oxygens (including phenoxy) is 2. The Kier molecular flexibility index (Phi) is 7.52. The van der Waals surface area contributed by atoms with Gasteiger partial charge in [0.1, 0.15) is 12.7 Å². The molecule has 2 unspecified atom stereocenters. The average molecular weight is 567 g/mol. The van der Waals surface area contributed by atoms with E-state index in [4.69, 9.17) is 21.1 Å². The number of hydrogen-bond donors (Lipinski definition) is 6. The minimum atomic E-state index is -1.82. The molecule has 0 aromatic heterocycles. The summed E-state index contributed by atoms with van der Waals surface area (Å²) in [6.07, 6.45) is -5.88. The van der Waals surface area contributed by atoms with Gasteiger partial charge in [-0.1, -0.05) is 29.8 Å². The largest absolute Gasteiger partial charge is 0.488 e. The first kappa shape index (κ1) is 28.7. The smallest absolute Gasteiger partial charge is 0.165 e. The van der Waals surface area contributed by atoms with E-state index >= 15 is 0 Å². The Bertz CT molecular complexity index is 1220. The highest BCUT2D eigenvalue weighted by atomic mass is 35.5. The molecule has 3 aliphatic rings. The van der Waals surface area contributed by atoms with Crippen LogP contribution in [0.4, 0.5) is 4.39 Å². The lowest BCUT2D eigenvalue weighted by molar-refractivity contribution is -0.254. The Balaban J connectivity index is 1.43. The highest BCUT2D eigenvalue weighted by molar-refractivity contribution is 6.31. The summed E-state index contributed by atoms with van der Waals surface area (Å²) in [4.78, 5) is 0. The molecule has 214 valence electrons. The topological polar surface area (TPSA) is 140 Å². The quantitative estimate of drug-likeness (QED) is 0.253. The Morgan fingerprint density at radius 1 is 1.00 bits per heavy atom. The third kappa shape index (κ3) is 4.57. The molecule has 2 bridgehead atoms. The molecule has 10 heteroatoms. The summed E-state index contributed by atoms with van der Waals surface area (Å²) >= 11 is 6.48. The maximum absolute atomic E-state index is 14.8. The Morgan fingerprint density at radius 2 is 1.72 bits per heavy atom. The molecular weight excluding hydrogens is 531 g/mol. The second-order valence-corrected chi connectivity index (χ2v) is 12.1. The van der Waals surface area contributed by atoms with Crippen LogP contribution in [0.15, 0.2) is 36.4 Å². The van der Waals surface area contributed by atoms with E-state index in [0.29, 0.717) is 28.9 Å². The van der Waals surface area contributed by atoms with Crippen molar-refractivity contribution >= 4 is 11.6 Å². The van der Waals surface area contributed by atoms with Gasteiger partial charge < -0.3 is 40.1 Å². The second kappa shape index (κ2) is 10.2. The maximum Gasteiger partial charge on any atom is 0.165 e. The van der Waals surface area contributed by atoms with Crippen LogP contribution < -0.4 is 4.74 Å². The zero-order chi connectivity index (χ0) is 28.3. The van der Waals surface area contributed by atoms with Crippen molar-refractivity contribution in [3.63, 3.8) is 0 Å². The molecule has 0 radical (unpaired) electrons. The third-order valence-corrected chi connectivity index (χ3v) is 9.35. The van der Waals surface area contributed by atoms with Crippen molar-refractivity contribution in [3.8, 4) is 5.75 Å². The van der Waals surface area contributed by atoms with Gasteiger partial charge >= 0.3 is 0 Å². The summed E-state index contributed by atoms with van der Waals surface area (Å²) < 4.78 is 25.8. The summed E-state index contributed by atoms with van der Waals surface area (Å²) in [6, 6.07) is 9.25. The first-order valence-corrected chi connectivity index (χ1v) is 13.7. The van der Waals surface area contributed by atoms with Crippen LogP contribution in [0, 0.1) is 11.2 Å². The fourth-order valence-electron chi connectivity index (χ4n) is 6.65. The number of aliphatic hydroxyl groups is 6. The van der Waals surface area contributed by atoms with Gasteiger partial charge in [0.2, 0.25) is 0 Å². The van der Waals surface area contributed by atoms with Crippen LogP contribution in [-0.2, 0) is 16.6 Å². The van der Waals surface area contributed by atoms with Crippen molar-refractivity contribution in [2.45, 2.75) is 87.2 Å². The van der Waals surface area contributed by atoms with Crippen LogP contribution in [0.25, 0.3) is 0 Å². The summed E-state index contributed by atoms with van der Waals surface area (Å²) in [5, 5.41) is 67.1. The van der Waals surface area contributed by atoms with Gasteiger partial charge in [0.05, 0.1) is 53.6 Å². The molecule has 39 heavy (non-hydrogen) atoms. The predicted molar refractivity (Wildman–Crippen MR) is 140 cm³/mol. The summed E-state index contributed by atoms with van der Waals surface area (Å²) in [6.45, 7) is 3.41. The van der Waals surface area contributed by atoms with E-state index < -0.39 is 52.8 Å². The van der Waals surface area contributed by atoms with Crippen LogP contribution in [0.2, 0.25) is 5.02 Å². The van der Waals surface area contributed by atoms with Gasteiger partial charge in [-0.25, -0.2) is 4.39 Å². The zero-order valence-electron chi connectivity index (χ0n) is 21.9. The molecule has 0 spiro atoms. The Morgan fingerprint density at radius 3 is 2.36 bits per heavy atom. The summed E-state index contributed by atoms with van der Waals surface area (Å²) in [5.41, 5.74) is -3.85. The first-order chi connectivity index (χ1) is 18.3. The zero-order valence-corrected chi connectivity index (χ0v) is 22.7.